The predicted octanol–water partition coefficient (Wildman–Crippen LogP) is 4.59. The van der Waals surface area contributed by atoms with Crippen LogP contribution in [0.4, 0.5) is 4.39 Å². The monoisotopic (exact) mass is 293 g/mol. The Balaban J connectivity index is 2.10. The molecular formula is C18H28FNO. The van der Waals surface area contributed by atoms with Gasteiger partial charge >= 0.3 is 0 Å². The van der Waals surface area contributed by atoms with Crippen LogP contribution in [-0.2, 0) is 4.74 Å². The molecule has 0 bridgehead atoms. The SMILES string of the molecule is CCC(N)C(OC1CCC(C)(C)CC1)c1ccccc1F. The largest absolute Gasteiger partial charge is 0.369 e. The average molecular weight is 293 g/mol. The molecule has 0 heterocycles. The molecule has 2 nitrogen and oxygen atoms in total. The Bertz CT molecular complexity index is 450. The summed E-state index contributed by atoms with van der Waals surface area (Å²) in [6.07, 6.45) is 5.01. The lowest BCUT2D eigenvalue weighted by atomic mass is 9.76. The highest BCUT2D eigenvalue weighted by Gasteiger charge is 2.31. The maximum Gasteiger partial charge on any atom is 0.129 e. The van der Waals surface area contributed by atoms with E-state index in [0.29, 0.717) is 11.0 Å². The van der Waals surface area contributed by atoms with Gasteiger partial charge in [-0.15, -0.1) is 0 Å². The van der Waals surface area contributed by atoms with E-state index in [1.165, 1.54) is 6.07 Å². The first-order chi connectivity index (χ1) is 9.93. The van der Waals surface area contributed by atoms with Crippen molar-refractivity contribution in [2.75, 3.05) is 0 Å². The van der Waals surface area contributed by atoms with Crippen molar-refractivity contribution in [3.05, 3.63) is 35.6 Å². The number of hydrogen-bond acceptors (Lipinski definition) is 2. The van der Waals surface area contributed by atoms with Gasteiger partial charge in [0.15, 0.2) is 0 Å². The lowest BCUT2D eigenvalue weighted by molar-refractivity contribution is -0.0587. The Morgan fingerprint density at radius 3 is 2.48 bits per heavy atom. The van der Waals surface area contributed by atoms with Crippen molar-refractivity contribution in [3.8, 4) is 0 Å². The van der Waals surface area contributed by atoms with E-state index < -0.39 is 0 Å². The molecule has 0 radical (unpaired) electrons. The normalized spacial score (nSPS) is 22.0. The van der Waals surface area contributed by atoms with Gasteiger partial charge < -0.3 is 10.5 Å². The third-order valence-electron chi connectivity index (χ3n) is 4.70. The van der Waals surface area contributed by atoms with Crippen LogP contribution in [0.1, 0.15) is 64.5 Å². The molecule has 1 aromatic rings. The van der Waals surface area contributed by atoms with Gasteiger partial charge in [-0.3, -0.25) is 0 Å². The summed E-state index contributed by atoms with van der Waals surface area (Å²) in [5, 5.41) is 0. The first-order valence-electron chi connectivity index (χ1n) is 8.08. The summed E-state index contributed by atoms with van der Waals surface area (Å²) >= 11 is 0. The number of rotatable bonds is 5. The lowest BCUT2D eigenvalue weighted by Gasteiger charge is -2.37. The number of benzene rings is 1. The van der Waals surface area contributed by atoms with Crippen molar-refractivity contribution in [2.24, 2.45) is 11.1 Å². The van der Waals surface area contributed by atoms with Gasteiger partial charge in [-0.25, -0.2) is 4.39 Å². The third kappa shape index (κ3) is 4.27. The van der Waals surface area contributed by atoms with E-state index in [9.17, 15) is 4.39 Å². The maximum atomic E-state index is 14.1. The van der Waals surface area contributed by atoms with E-state index >= 15 is 0 Å². The average Bonchev–Trinajstić information content (AvgIpc) is 2.46. The molecule has 1 saturated carbocycles. The van der Waals surface area contributed by atoms with E-state index in [-0.39, 0.29) is 24.1 Å². The quantitative estimate of drug-likeness (QED) is 0.861. The molecule has 1 fully saturated rings. The lowest BCUT2D eigenvalue weighted by Crippen LogP contribution is -2.35. The molecule has 0 amide bonds. The highest BCUT2D eigenvalue weighted by atomic mass is 19.1. The minimum atomic E-state index is -0.345. The van der Waals surface area contributed by atoms with E-state index in [0.717, 1.165) is 32.1 Å². The number of nitrogens with two attached hydrogens (primary N) is 1. The van der Waals surface area contributed by atoms with Crippen molar-refractivity contribution in [1.82, 2.24) is 0 Å². The fourth-order valence-corrected chi connectivity index (χ4v) is 3.04. The van der Waals surface area contributed by atoms with Gasteiger partial charge in [0.1, 0.15) is 11.9 Å². The number of ether oxygens (including phenoxy) is 1. The fourth-order valence-electron chi connectivity index (χ4n) is 3.04. The van der Waals surface area contributed by atoms with Crippen LogP contribution in [0, 0.1) is 11.2 Å². The fraction of sp³-hybridized carbons (Fsp3) is 0.667. The highest BCUT2D eigenvalue weighted by molar-refractivity contribution is 5.21. The Labute approximate surface area is 127 Å². The van der Waals surface area contributed by atoms with E-state index in [2.05, 4.69) is 13.8 Å². The summed E-state index contributed by atoms with van der Waals surface area (Å²) in [5.41, 5.74) is 7.19. The molecule has 118 valence electrons. The molecule has 0 saturated heterocycles. The second-order valence-corrected chi connectivity index (χ2v) is 7.01. The Kier molecular flexibility index (Phi) is 5.39. The second-order valence-electron chi connectivity index (χ2n) is 7.01. The summed E-state index contributed by atoms with van der Waals surface area (Å²) in [7, 11) is 0. The molecule has 1 aliphatic rings. The van der Waals surface area contributed by atoms with Crippen LogP contribution in [0.2, 0.25) is 0 Å². The molecule has 2 N–H and O–H groups in total. The Morgan fingerprint density at radius 1 is 1.29 bits per heavy atom. The third-order valence-corrected chi connectivity index (χ3v) is 4.70. The van der Waals surface area contributed by atoms with E-state index in [1.54, 1.807) is 12.1 Å². The van der Waals surface area contributed by atoms with Gasteiger partial charge in [0, 0.05) is 11.6 Å². The zero-order chi connectivity index (χ0) is 15.5. The smallest absolute Gasteiger partial charge is 0.129 e. The molecule has 2 atom stereocenters. The minimum absolute atomic E-state index is 0.170. The first kappa shape index (κ1) is 16.4. The number of halogens is 1. The maximum absolute atomic E-state index is 14.1. The molecule has 1 aliphatic carbocycles. The molecule has 2 unspecified atom stereocenters. The van der Waals surface area contributed by atoms with Crippen molar-refractivity contribution in [3.63, 3.8) is 0 Å². The molecule has 2 rings (SSSR count). The van der Waals surface area contributed by atoms with Crippen molar-refractivity contribution < 1.29 is 9.13 Å². The van der Waals surface area contributed by atoms with Gasteiger partial charge in [-0.1, -0.05) is 39.0 Å². The molecule has 1 aromatic carbocycles. The second kappa shape index (κ2) is 6.89. The molecule has 3 heteroatoms. The van der Waals surface area contributed by atoms with Crippen LogP contribution in [0.3, 0.4) is 0 Å². The van der Waals surface area contributed by atoms with Gasteiger partial charge in [-0.05, 0) is 43.6 Å². The topological polar surface area (TPSA) is 35.2 Å². The van der Waals surface area contributed by atoms with Crippen LogP contribution in [-0.4, -0.2) is 12.1 Å². The van der Waals surface area contributed by atoms with Gasteiger partial charge in [0.05, 0.1) is 6.10 Å². The van der Waals surface area contributed by atoms with E-state index in [4.69, 9.17) is 10.5 Å². The zero-order valence-corrected chi connectivity index (χ0v) is 13.4. The van der Waals surface area contributed by atoms with Gasteiger partial charge in [0.2, 0.25) is 0 Å². The molecule has 0 aromatic heterocycles. The van der Waals surface area contributed by atoms with Crippen LogP contribution in [0.15, 0.2) is 24.3 Å². The minimum Gasteiger partial charge on any atom is -0.369 e. The van der Waals surface area contributed by atoms with Crippen molar-refractivity contribution in [1.29, 1.82) is 0 Å². The summed E-state index contributed by atoms with van der Waals surface area (Å²) in [6.45, 7) is 6.62. The van der Waals surface area contributed by atoms with Gasteiger partial charge in [0.25, 0.3) is 0 Å². The summed E-state index contributed by atoms with van der Waals surface area (Å²) in [5.74, 6) is -0.220. The Hall–Kier alpha value is -0.930. The summed E-state index contributed by atoms with van der Waals surface area (Å²) in [4.78, 5) is 0. The molecule has 0 spiro atoms. The van der Waals surface area contributed by atoms with Crippen molar-refractivity contribution in [2.45, 2.75) is 71.1 Å². The van der Waals surface area contributed by atoms with Crippen LogP contribution < -0.4 is 5.73 Å². The van der Waals surface area contributed by atoms with E-state index in [1.807, 2.05) is 13.0 Å². The molecular weight excluding hydrogens is 265 g/mol. The van der Waals surface area contributed by atoms with Crippen LogP contribution in [0.25, 0.3) is 0 Å². The standard InChI is InChI=1S/C18H28FNO/c1-4-16(20)17(14-7-5-6-8-15(14)19)21-13-9-11-18(2,3)12-10-13/h5-8,13,16-17H,4,9-12,20H2,1-3H3. The summed E-state index contributed by atoms with van der Waals surface area (Å²) < 4.78 is 20.3. The Morgan fingerprint density at radius 2 is 1.90 bits per heavy atom. The van der Waals surface area contributed by atoms with Crippen molar-refractivity contribution >= 4 is 0 Å². The predicted molar refractivity (Wildman–Crippen MR) is 84.5 cm³/mol. The molecule has 21 heavy (non-hydrogen) atoms. The van der Waals surface area contributed by atoms with Crippen LogP contribution in [0.5, 0.6) is 0 Å². The van der Waals surface area contributed by atoms with Gasteiger partial charge in [-0.2, -0.15) is 0 Å². The molecule has 0 aliphatic heterocycles. The van der Waals surface area contributed by atoms with Crippen LogP contribution >= 0.6 is 0 Å². The number of hydrogen-bond donors (Lipinski definition) is 1. The first-order valence-corrected chi connectivity index (χ1v) is 8.08. The highest BCUT2D eigenvalue weighted by Crippen LogP contribution is 2.38. The zero-order valence-electron chi connectivity index (χ0n) is 13.4. The summed E-state index contributed by atoms with van der Waals surface area (Å²) in [6, 6.07) is 6.66.